The van der Waals surface area contributed by atoms with Gasteiger partial charge >= 0.3 is 12.3 Å². The lowest BCUT2D eigenvalue weighted by molar-refractivity contribution is -0.136. The number of halogens is 4. The van der Waals surface area contributed by atoms with E-state index in [4.69, 9.17) is 15.2 Å². The number of ether oxygens (including phenoxy) is 2. The van der Waals surface area contributed by atoms with Crippen LogP contribution in [-0.4, -0.2) is 75.5 Å². The van der Waals surface area contributed by atoms with E-state index in [1.807, 2.05) is 0 Å². The second kappa shape index (κ2) is 9.61. The summed E-state index contributed by atoms with van der Waals surface area (Å²) in [5.41, 5.74) is 4.07. The number of anilines is 1. The van der Waals surface area contributed by atoms with Gasteiger partial charge in [0.05, 0.1) is 37.6 Å². The molecule has 5 rings (SSSR count). The Labute approximate surface area is 212 Å². The number of nitrogen functional groups attached to an aromatic ring is 1. The van der Waals surface area contributed by atoms with E-state index in [-0.39, 0.29) is 48.2 Å². The predicted molar refractivity (Wildman–Crippen MR) is 124 cm³/mol. The minimum atomic E-state index is -4.76. The van der Waals surface area contributed by atoms with E-state index >= 15 is 0 Å². The van der Waals surface area contributed by atoms with Crippen molar-refractivity contribution in [3.63, 3.8) is 0 Å². The van der Waals surface area contributed by atoms with E-state index in [9.17, 15) is 27.2 Å². The molecule has 1 aliphatic heterocycles. The zero-order chi connectivity index (χ0) is 27.2. The number of likely N-dealkylation sites (tertiary alicyclic amines) is 1. The van der Waals surface area contributed by atoms with Crippen LogP contribution in [0.5, 0.6) is 5.88 Å². The molecule has 38 heavy (non-hydrogen) atoms. The molecule has 2 amide bonds. The largest absolute Gasteiger partial charge is 0.480 e. The molecule has 0 bridgehead atoms. The standard InChI is InChI=1S/C23H23F4N7O4/c1-37-21-13(20(35)32-16-8-33(7-15(16)24)22(36)38-9-11-2-3-11)4-12(6-29-21)17-5-14(23(25,26)27)18-19(28)30-10-31-34(17)18/h4-6,10-11,15-16H,2-3,7-9H2,1H3,(H,32,35)(H2,28,30,31)/t15-,16+/m0/s1. The average molecular weight is 537 g/mol. The number of methoxy groups -OCH3 is 1. The molecule has 1 saturated heterocycles. The average Bonchev–Trinajstić information content (AvgIpc) is 3.51. The first-order valence-corrected chi connectivity index (χ1v) is 11.7. The lowest BCUT2D eigenvalue weighted by atomic mass is 10.1. The van der Waals surface area contributed by atoms with Crippen molar-refractivity contribution in [2.75, 3.05) is 32.5 Å². The molecule has 15 heteroatoms. The highest BCUT2D eigenvalue weighted by molar-refractivity contribution is 5.98. The van der Waals surface area contributed by atoms with Gasteiger partial charge in [-0.05, 0) is 30.9 Å². The van der Waals surface area contributed by atoms with Crippen LogP contribution in [0.4, 0.5) is 28.2 Å². The van der Waals surface area contributed by atoms with Crippen molar-refractivity contribution >= 4 is 23.3 Å². The number of pyridine rings is 1. The minimum Gasteiger partial charge on any atom is -0.480 e. The van der Waals surface area contributed by atoms with Crippen LogP contribution in [-0.2, 0) is 10.9 Å². The van der Waals surface area contributed by atoms with Gasteiger partial charge in [0, 0.05) is 18.3 Å². The molecule has 2 atom stereocenters. The van der Waals surface area contributed by atoms with Crippen LogP contribution >= 0.6 is 0 Å². The summed E-state index contributed by atoms with van der Waals surface area (Å²) in [7, 11) is 1.26. The third-order valence-corrected chi connectivity index (χ3v) is 6.44. The van der Waals surface area contributed by atoms with Crippen molar-refractivity contribution in [1.82, 2.24) is 29.8 Å². The number of carbonyl (C=O) groups excluding carboxylic acids is 2. The number of nitrogens with two attached hydrogens (primary N) is 1. The molecule has 0 aromatic carbocycles. The van der Waals surface area contributed by atoms with E-state index in [2.05, 4.69) is 20.4 Å². The van der Waals surface area contributed by atoms with Crippen LogP contribution < -0.4 is 15.8 Å². The van der Waals surface area contributed by atoms with Crippen LogP contribution in [0, 0.1) is 5.92 Å². The molecule has 2 fully saturated rings. The summed E-state index contributed by atoms with van der Waals surface area (Å²) < 4.78 is 67.1. The molecular weight excluding hydrogens is 514 g/mol. The smallest absolute Gasteiger partial charge is 0.418 e. The van der Waals surface area contributed by atoms with E-state index in [0.29, 0.717) is 5.92 Å². The van der Waals surface area contributed by atoms with Gasteiger partial charge in [-0.25, -0.2) is 23.7 Å². The topological polar surface area (TPSA) is 137 Å². The number of rotatable bonds is 6. The van der Waals surface area contributed by atoms with Crippen molar-refractivity contribution in [2.24, 2.45) is 5.92 Å². The summed E-state index contributed by atoms with van der Waals surface area (Å²) >= 11 is 0. The van der Waals surface area contributed by atoms with Crippen molar-refractivity contribution in [3.8, 4) is 17.1 Å². The Balaban J connectivity index is 1.41. The van der Waals surface area contributed by atoms with E-state index in [1.54, 1.807) is 0 Å². The summed E-state index contributed by atoms with van der Waals surface area (Å²) in [6, 6.07) is 1.04. The lowest BCUT2D eigenvalue weighted by Gasteiger charge is -2.17. The summed E-state index contributed by atoms with van der Waals surface area (Å²) in [6.45, 7) is -0.0816. The van der Waals surface area contributed by atoms with Crippen LogP contribution in [0.1, 0.15) is 28.8 Å². The molecule has 0 radical (unpaired) electrons. The Morgan fingerprint density at radius 2 is 1.97 bits per heavy atom. The van der Waals surface area contributed by atoms with Gasteiger partial charge in [0.15, 0.2) is 5.82 Å². The third-order valence-electron chi connectivity index (χ3n) is 6.44. The van der Waals surface area contributed by atoms with Crippen LogP contribution in [0.2, 0.25) is 0 Å². The second-order valence-corrected chi connectivity index (χ2v) is 9.15. The SMILES string of the molecule is COc1ncc(-c2cc(C(F)(F)F)c3c(N)ncnn23)cc1C(=O)N[C@@H]1CN(C(=O)OCC2CC2)C[C@@H]1F. The Bertz CT molecular complexity index is 1390. The molecule has 1 aliphatic carbocycles. The Morgan fingerprint density at radius 1 is 1.21 bits per heavy atom. The summed E-state index contributed by atoms with van der Waals surface area (Å²) in [4.78, 5) is 34.2. The fourth-order valence-corrected chi connectivity index (χ4v) is 4.27. The fraction of sp³-hybridized carbons (Fsp3) is 0.435. The first kappa shape index (κ1) is 25.5. The van der Waals surface area contributed by atoms with Crippen molar-refractivity contribution < 1.29 is 36.6 Å². The molecule has 1 saturated carbocycles. The van der Waals surface area contributed by atoms with Gasteiger partial charge in [0.2, 0.25) is 5.88 Å². The molecule has 3 N–H and O–H groups in total. The maximum atomic E-state index is 14.7. The number of carbonyl (C=O) groups is 2. The number of hydrogen-bond donors (Lipinski definition) is 2. The lowest BCUT2D eigenvalue weighted by Crippen LogP contribution is -2.42. The van der Waals surface area contributed by atoms with Gasteiger partial charge in [0.1, 0.15) is 23.6 Å². The van der Waals surface area contributed by atoms with Crippen molar-refractivity contribution in [3.05, 3.63) is 35.8 Å². The highest BCUT2D eigenvalue weighted by Gasteiger charge is 2.39. The van der Waals surface area contributed by atoms with Gasteiger partial charge in [-0.2, -0.15) is 18.3 Å². The predicted octanol–water partition coefficient (Wildman–Crippen LogP) is 2.70. The fourth-order valence-electron chi connectivity index (χ4n) is 4.27. The van der Waals surface area contributed by atoms with E-state index in [1.165, 1.54) is 24.3 Å². The Morgan fingerprint density at radius 3 is 2.66 bits per heavy atom. The number of nitrogens with one attached hydrogen (secondary N) is 1. The molecule has 3 aromatic heterocycles. The molecule has 3 aromatic rings. The molecule has 11 nitrogen and oxygen atoms in total. The molecule has 0 unspecified atom stereocenters. The Kier molecular flexibility index (Phi) is 6.44. The second-order valence-electron chi connectivity index (χ2n) is 9.15. The first-order valence-electron chi connectivity index (χ1n) is 11.7. The van der Waals surface area contributed by atoms with Crippen molar-refractivity contribution in [2.45, 2.75) is 31.2 Å². The molecular formula is C23H23F4N7O4. The normalized spacial score (nSPS) is 19.6. The number of hydrogen-bond acceptors (Lipinski definition) is 8. The van der Waals surface area contributed by atoms with E-state index < -0.39 is 41.5 Å². The number of fused-ring (bicyclic) bond motifs is 1. The van der Waals surface area contributed by atoms with Gasteiger partial charge in [-0.3, -0.25) is 4.79 Å². The number of amides is 2. The highest BCUT2D eigenvalue weighted by Crippen LogP contribution is 2.39. The third kappa shape index (κ3) is 4.87. The first-order chi connectivity index (χ1) is 18.1. The van der Waals surface area contributed by atoms with Gasteiger partial charge in [-0.15, -0.1) is 0 Å². The molecule has 202 valence electrons. The quantitative estimate of drug-likeness (QED) is 0.458. The van der Waals surface area contributed by atoms with Crippen molar-refractivity contribution in [1.29, 1.82) is 0 Å². The van der Waals surface area contributed by atoms with Gasteiger partial charge in [0.25, 0.3) is 5.91 Å². The number of aromatic nitrogens is 4. The van der Waals surface area contributed by atoms with E-state index in [0.717, 1.165) is 29.8 Å². The summed E-state index contributed by atoms with van der Waals surface area (Å²) in [5, 5.41) is 6.40. The zero-order valence-electron chi connectivity index (χ0n) is 20.0. The minimum absolute atomic E-state index is 0.0561. The zero-order valence-corrected chi connectivity index (χ0v) is 20.0. The molecule has 4 heterocycles. The summed E-state index contributed by atoms with van der Waals surface area (Å²) in [5.74, 6) is -0.957. The van der Waals surface area contributed by atoms with Crippen LogP contribution in [0.3, 0.4) is 0 Å². The maximum Gasteiger partial charge on any atom is 0.418 e. The van der Waals surface area contributed by atoms with Crippen LogP contribution in [0.15, 0.2) is 24.7 Å². The number of nitrogens with zero attached hydrogens (tertiary/aromatic N) is 5. The molecule has 0 spiro atoms. The Hall–Kier alpha value is -4.17. The van der Waals surface area contributed by atoms with Gasteiger partial charge in [-0.1, -0.05) is 0 Å². The summed E-state index contributed by atoms with van der Waals surface area (Å²) in [6.07, 6.45) is -2.78. The monoisotopic (exact) mass is 537 g/mol. The highest BCUT2D eigenvalue weighted by atomic mass is 19.4. The van der Waals surface area contributed by atoms with Crippen LogP contribution in [0.25, 0.3) is 16.8 Å². The molecule has 2 aliphatic rings. The van der Waals surface area contributed by atoms with Gasteiger partial charge < -0.3 is 25.4 Å². The number of alkyl halides is 4. The maximum absolute atomic E-state index is 14.7.